The van der Waals surface area contributed by atoms with Crippen molar-refractivity contribution >= 4 is 10.8 Å². The standard InChI is InChI=1S/C15H16N4/c1-2-16-10-13-7-9-19(18-13)15-5-3-4-12-6-8-17-11-14(12)15/h3-9,11,16H,2,10H2,1H3. The number of rotatable bonds is 4. The highest BCUT2D eigenvalue weighted by molar-refractivity contribution is 5.89. The molecule has 0 saturated heterocycles. The zero-order valence-electron chi connectivity index (χ0n) is 10.9. The molecular weight excluding hydrogens is 236 g/mol. The van der Waals surface area contributed by atoms with E-state index in [0.29, 0.717) is 0 Å². The Kier molecular flexibility index (Phi) is 3.25. The highest BCUT2D eigenvalue weighted by Crippen LogP contribution is 2.20. The van der Waals surface area contributed by atoms with Gasteiger partial charge in [-0.2, -0.15) is 5.10 Å². The maximum absolute atomic E-state index is 4.59. The lowest BCUT2D eigenvalue weighted by molar-refractivity contribution is 0.697. The molecule has 1 aromatic carbocycles. The minimum Gasteiger partial charge on any atom is -0.311 e. The third kappa shape index (κ3) is 2.35. The van der Waals surface area contributed by atoms with Gasteiger partial charge in [-0.3, -0.25) is 4.98 Å². The molecule has 0 radical (unpaired) electrons. The van der Waals surface area contributed by atoms with Crippen LogP contribution in [0.15, 0.2) is 48.9 Å². The zero-order valence-corrected chi connectivity index (χ0v) is 10.9. The van der Waals surface area contributed by atoms with Crippen molar-refractivity contribution in [2.75, 3.05) is 6.54 Å². The van der Waals surface area contributed by atoms with Crippen LogP contribution in [0, 0.1) is 0 Å². The number of fused-ring (bicyclic) bond motifs is 1. The molecule has 0 aliphatic heterocycles. The predicted molar refractivity (Wildman–Crippen MR) is 76.2 cm³/mol. The first-order valence-electron chi connectivity index (χ1n) is 6.47. The van der Waals surface area contributed by atoms with Crippen molar-refractivity contribution < 1.29 is 0 Å². The molecule has 2 heterocycles. The molecule has 4 nitrogen and oxygen atoms in total. The summed E-state index contributed by atoms with van der Waals surface area (Å²) in [6, 6.07) is 10.3. The fourth-order valence-corrected chi connectivity index (χ4v) is 2.14. The lowest BCUT2D eigenvalue weighted by atomic mass is 10.1. The van der Waals surface area contributed by atoms with Crippen LogP contribution >= 0.6 is 0 Å². The summed E-state index contributed by atoms with van der Waals surface area (Å²) < 4.78 is 1.91. The molecule has 96 valence electrons. The molecule has 4 heteroatoms. The quantitative estimate of drug-likeness (QED) is 0.776. The smallest absolute Gasteiger partial charge is 0.0766 e. The van der Waals surface area contributed by atoms with Gasteiger partial charge in [0, 0.05) is 30.5 Å². The number of hydrogen-bond donors (Lipinski definition) is 1. The second-order valence-corrected chi connectivity index (χ2v) is 4.41. The Hall–Kier alpha value is -2.20. The molecule has 3 aromatic rings. The van der Waals surface area contributed by atoms with E-state index in [-0.39, 0.29) is 0 Å². The highest BCUT2D eigenvalue weighted by Gasteiger charge is 2.05. The Morgan fingerprint density at radius 2 is 2.16 bits per heavy atom. The number of nitrogens with one attached hydrogen (secondary N) is 1. The Morgan fingerprint density at radius 3 is 3.05 bits per heavy atom. The van der Waals surface area contributed by atoms with E-state index in [9.17, 15) is 0 Å². The van der Waals surface area contributed by atoms with Crippen LogP contribution in [0.5, 0.6) is 0 Å². The van der Waals surface area contributed by atoms with Crippen LogP contribution in [-0.4, -0.2) is 21.3 Å². The molecule has 1 N–H and O–H groups in total. The third-order valence-electron chi connectivity index (χ3n) is 3.11. The third-order valence-corrected chi connectivity index (χ3v) is 3.11. The number of hydrogen-bond acceptors (Lipinski definition) is 3. The van der Waals surface area contributed by atoms with Gasteiger partial charge in [0.25, 0.3) is 0 Å². The van der Waals surface area contributed by atoms with Crippen LogP contribution in [-0.2, 0) is 6.54 Å². The second-order valence-electron chi connectivity index (χ2n) is 4.41. The molecular formula is C15H16N4. The summed E-state index contributed by atoms with van der Waals surface area (Å²) in [6.07, 6.45) is 5.69. The predicted octanol–water partition coefficient (Wildman–Crippen LogP) is 2.53. The van der Waals surface area contributed by atoms with Crippen LogP contribution in [0.25, 0.3) is 16.5 Å². The summed E-state index contributed by atoms with van der Waals surface area (Å²) >= 11 is 0. The molecule has 0 bridgehead atoms. The van der Waals surface area contributed by atoms with Crippen LogP contribution in [0.1, 0.15) is 12.6 Å². The molecule has 0 aliphatic carbocycles. The Morgan fingerprint density at radius 1 is 1.21 bits per heavy atom. The minimum atomic E-state index is 0.798. The summed E-state index contributed by atoms with van der Waals surface area (Å²) in [5.74, 6) is 0. The zero-order chi connectivity index (χ0) is 13.1. The van der Waals surface area contributed by atoms with Gasteiger partial charge in [0.1, 0.15) is 0 Å². The van der Waals surface area contributed by atoms with Gasteiger partial charge < -0.3 is 5.32 Å². The van der Waals surface area contributed by atoms with Crippen molar-refractivity contribution in [3.63, 3.8) is 0 Å². The average Bonchev–Trinajstić information content (AvgIpc) is 2.93. The van der Waals surface area contributed by atoms with E-state index in [1.54, 1.807) is 0 Å². The van der Waals surface area contributed by atoms with Crippen molar-refractivity contribution in [1.29, 1.82) is 0 Å². The molecule has 2 aromatic heterocycles. The molecule has 0 atom stereocenters. The molecule has 0 fully saturated rings. The normalized spacial score (nSPS) is 11.0. The molecule has 0 saturated carbocycles. The second kappa shape index (κ2) is 5.20. The summed E-state index contributed by atoms with van der Waals surface area (Å²) in [4.78, 5) is 4.20. The molecule has 0 spiro atoms. The van der Waals surface area contributed by atoms with E-state index in [1.807, 2.05) is 41.5 Å². The monoisotopic (exact) mass is 252 g/mol. The fraction of sp³-hybridized carbons (Fsp3) is 0.200. The largest absolute Gasteiger partial charge is 0.311 e. The lowest BCUT2D eigenvalue weighted by Crippen LogP contribution is -2.12. The maximum atomic E-state index is 4.59. The maximum Gasteiger partial charge on any atom is 0.0766 e. The average molecular weight is 252 g/mol. The summed E-state index contributed by atoms with van der Waals surface area (Å²) in [5, 5.41) is 10.2. The van der Waals surface area contributed by atoms with Crippen molar-refractivity contribution in [3.8, 4) is 5.69 Å². The number of pyridine rings is 1. The molecule has 0 unspecified atom stereocenters. The van der Waals surface area contributed by atoms with Gasteiger partial charge >= 0.3 is 0 Å². The van der Waals surface area contributed by atoms with E-state index in [2.05, 4.69) is 34.5 Å². The van der Waals surface area contributed by atoms with Gasteiger partial charge in [-0.15, -0.1) is 0 Å². The Balaban J connectivity index is 2.02. The first-order chi connectivity index (χ1) is 9.38. The van der Waals surface area contributed by atoms with Crippen molar-refractivity contribution in [2.45, 2.75) is 13.5 Å². The van der Waals surface area contributed by atoms with Gasteiger partial charge in [-0.25, -0.2) is 4.68 Å². The van der Waals surface area contributed by atoms with Crippen molar-refractivity contribution in [1.82, 2.24) is 20.1 Å². The van der Waals surface area contributed by atoms with Crippen LogP contribution in [0.4, 0.5) is 0 Å². The topological polar surface area (TPSA) is 42.7 Å². The molecule has 3 rings (SSSR count). The van der Waals surface area contributed by atoms with Gasteiger partial charge in [-0.05, 0) is 30.1 Å². The Labute approximate surface area is 112 Å². The SMILES string of the molecule is CCNCc1ccn(-c2cccc3ccncc23)n1. The number of nitrogens with zero attached hydrogens (tertiary/aromatic N) is 3. The van der Waals surface area contributed by atoms with E-state index < -0.39 is 0 Å². The summed E-state index contributed by atoms with van der Waals surface area (Å²) in [7, 11) is 0. The highest BCUT2D eigenvalue weighted by atomic mass is 15.3. The number of benzene rings is 1. The molecule has 0 aliphatic rings. The fourth-order valence-electron chi connectivity index (χ4n) is 2.14. The van der Waals surface area contributed by atoms with E-state index in [4.69, 9.17) is 0 Å². The van der Waals surface area contributed by atoms with Crippen LogP contribution < -0.4 is 5.32 Å². The Bertz CT molecular complexity index is 682. The van der Waals surface area contributed by atoms with Gasteiger partial charge in [0.2, 0.25) is 0 Å². The van der Waals surface area contributed by atoms with E-state index >= 15 is 0 Å². The summed E-state index contributed by atoms with van der Waals surface area (Å²) in [6.45, 7) is 3.84. The van der Waals surface area contributed by atoms with Gasteiger partial charge in [0.15, 0.2) is 0 Å². The number of aromatic nitrogens is 3. The molecule has 0 amide bonds. The van der Waals surface area contributed by atoms with E-state index in [0.717, 1.165) is 29.9 Å². The minimum absolute atomic E-state index is 0.798. The van der Waals surface area contributed by atoms with Crippen LogP contribution in [0.3, 0.4) is 0 Å². The lowest BCUT2D eigenvalue weighted by Gasteiger charge is -2.05. The van der Waals surface area contributed by atoms with Crippen LogP contribution in [0.2, 0.25) is 0 Å². The van der Waals surface area contributed by atoms with E-state index in [1.165, 1.54) is 5.39 Å². The molecule has 19 heavy (non-hydrogen) atoms. The van der Waals surface area contributed by atoms with Crippen molar-refractivity contribution in [3.05, 3.63) is 54.6 Å². The first-order valence-corrected chi connectivity index (χ1v) is 6.47. The van der Waals surface area contributed by atoms with Crippen molar-refractivity contribution in [2.24, 2.45) is 0 Å². The first kappa shape index (κ1) is 11.9. The van der Waals surface area contributed by atoms with Gasteiger partial charge in [0.05, 0.1) is 11.4 Å². The van der Waals surface area contributed by atoms with Gasteiger partial charge in [-0.1, -0.05) is 19.1 Å². The summed E-state index contributed by atoms with van der Waals surface area (Å²) in [5.41, 5.74) is 2.11.